The molecule has 1 saturated heterocycles. The number of aliphatic hydroxyl groups is 1. The Morgan fingerprint density at radius 3 is 2.80 bits per heavy atom. The van der Waals surface area contributed by atoms with Crippen LogP contribution in [-0.2, 0) is 6.54 Å². The molecule has 1 aliphatic heterocycles. The first-order chi connectivity index (χ1) is 19.2. The third kappa shape index (κ3) is 5.06. The molecule has 0 aliphatic carbocycles. The first kappa shape index (κ1) is 27.1. The lowest BCUT2D eigenvalue weighted by molar-refractivity contribution is -0.0529. The van der Waals surface area contributed by atoms with Crippen LogP contribution in [0.25, 0.3) is 33.0 Å². The predicted octanol–water partition coefficient (Wildman–Crippen LogP) is 3.34. The topological polar surface area (TPSA) is 177 Å². The van der Waals surface area contributed by atoms with E-state index in [9.17, 15) is 18.3 Å². The molecule has 208 valence electrons. The van der Waals surface area contributed by atoms with Gasteiger partial charge in [-0.25, -0.2) is 28.7 Å². The number of azide groups is 1. The van der Waals surface area contributed by atoms with E-state index < -0.39 is 24.0 Å². The molecule has 3 N–H and O–H groups in total. The van der Waals surface area contributed by atoms with Gasteiger partial charge >= 0.3 is 0 Å². The molecular formula is C24H24F3N11O2. The van der Waals surface area contributed by atoms with Crippen LogP contribution in [-0.4, -0.2) is 72.9 Å². The van der Waals surface area contributed by atoms with Gasteiger partial charge in [-0.1, -0.05) is 0 Å². The van der Waals surface area contributed by atoms with Gasteiger partial charge in [0.25, 0.3) is 12.4 Å². The van der Waals surface area contributed by atoms with Crippen LogP contribution in [0.15, 0.2) is 42.2 Å². The van der Waals surface area contributed by atoms with Crippen molar-refractivity contribution in [1.29, 1.82) is 0 Å². The Balaban J connectivity index is 1.59. The monoisotopic (exact) mass is 555 g/mol. The summed E-state index contributed by atoms with van der Waals surface area (Å²) in [6, 6.07) is 4.69. The van der Waals surface area contributed by atoms with E-state index in [0.717, 1.165) is 0 Å². The van der Waals surface area contributed by atoms with Gasteiger partial charge in [-0.2, -0.15) is 4.39 Å². The normalized spacial score (nSPS) is 18.1. The average Bonchev–Trinajstić information content (AvgIpc) is 3.36. The van der Waals surface area contributed by atoms with E-state index in [2.05, 4.69) is 34.9 Å². The van der Waals surface area contributed by atoms with Crippen LogP contribution >= 0.6 is 0 Å². The van der Waals surface area contributed by atoms with Crippen molar-refractivity contribution in [1.82, 2.24) is 29.5 Å². The molecule has 40 heavy (non-hydrogen) atoms. The number of piperidine rings is 1. The second kappa shape index (κ2) is 10.9. The van der Waals surface area contributed by atoms with E-state index in [0.29, 0.717) is 35.6 Å². The van der Waals surface area contributed by atoms with Crippen LogP contribution in [0.4, 0.5) is 24.7 Å². The summed E-state index contributed by atoms with van der Waals surface area (Å²) in [6.07, 6.45) is -0.0515. The number of nitrogens with zero attached hydrogens (tertiary/aromatic N) is 10. The van der Waals surface area contributed by atoms with Gasteiger partial charge in [0.05, 0.1) is 48.8 Å². The smallest absolute Gasteiger partial charge is 0.265 e. The summed E-state index contributed by atoms with van der Waals surface area (Å²) in [5.74, 6) is -0.767. The Kier molecular flexibility index (Phi) is 7.38. The van der Waals surface area contributed by atoms with Crippen molar-refractivity contribution >= 4 is 22.7 Å². The number of ether oxygens (including phenoxy) is 1. The van der Waals surface area contributed by atoms with Crippen molar-refractivity contribution in [2.24, 2.45) is 10.8 Å². The van der Waals surface area contributed by atoms with E-state index in [1.165, 1.54) is 32.0 Å². The number of aromatic nitrogens is 6. The van der Waals surface area contributed by atoms with Crippen LogP contribution in [0.3, 0.4) is 0 Å². The molecule has 0 bridgehead atoms. The first-order valence-electron chi connectivity index (χ1n) is 12.1. The van der Waals surface area contributed by atoms with Gasteiger partial charge in [0, 0.05) is 18.0 Å². The highest BCUT2D eigenvalue weighted by Crippen LogP contribution is 2.33. The van der Waals surface area contributed by atoms with Crippen LogP contribution in [0.1, 0.15) is 18.4 Å². The Morgan fingerprint density at radius 2 is 2.08 bits per heavy atom. The number of hydrogen-bond acceptors (Lipinski definition) is 10. The van der Waals surface area contributed by atoms with Gasteiger partial charge < -0.3 is 25.0 Å². The third-order valence-electron chi connectivity index (χ3n) is 6.85. The van der Waals surface area contributed by atoms with Gasteiger partial charge in [-0.05, 0) is 47.2 Å². The molecule has 0 saturated carbocycles. The minimum atomic E-state index is -3.00. The van der Waals surface area contributed by atoms with Crippen molar-refractivity contribution in [3.63, 3.8) is 0 Å². The molecule has 13 nitrogen and oxygen atoms in total. The number of alkyl halides is 2. The summed E-state index contributed by atoms with van der Waals surface area (Å²) in [6.45, 7) is 0.597. The van der Waals surface area contributed by atoms with E-state index in [-0.39, 0.29) is 42.3 Å². The summed E-state index contributed by atoms with van der Waals surface area (Å²) < 4.78 is 47.9. The predicted molar refractivity (Wildman–Crippen MR) is 138 cm³/mol. The first-order valence-corrected chi connectivity index (χ1v) is 12.1. The number of anilines is 1. The molecule has 5 heterocycles. The molecular weight excluding hydrogens is 531 g/mol. The minimum Gasteiger partial charge on any atom is -0.492 e. The molecule has 1 aliphatic rings. The number of fused-ring (bicyclic) bond motifs is 1. The number of halogens is 3. The van der Waals surface area contributed by atoms with Crippen molar-refractivity contribution in [2.75, 3.05) is 25.1 Å². The molecule has 4 aromatic rings. The lowest BCUT2D eigenvalue weighted by Crippen LogP contribution is -2.63. The van der Waals surface area contributed by atoms with Crippen molar-refractivity contribution in [2.45, 2.75) is 37.5 Å². The zero-order valence-electron chi connectivity index (χ0n) is 21.2. The maximum Gasteiger partial charge on any atom is 0.265 e. The molecule has 0 spiro atoms. The lowest BCUT2D eigenvalue weighted by Gasteiger charge is -2.44. The standard InChI is InChI=1S/C24H24F3N11O2/c1-40-17-4-3-14(34-21(17)27)15-7-13(9-38-12-33-18-22(35-36-29)31-11-32-23(18)38)16(8-30-15)37-6-2-5-24(28,10-37)19(39)20(25)26/h3-4,7-8,11-12,19-20,39H,2,5-6,9-10,28H2,1H3/t19-,24-/m1/s1. The highest BCUT2D eigenvalue weighted by molar-refractivity contribution is 5.81. The van der Waals surface area contributed by atoms with Crippen LogP contribution in [0, 0.1) is 5.95 Å². The molecule has 1 fully saturated rings. The van der Waals surface area contributed by atoms with Gasteiger partial charge in [0.2, 0.25) is 0 Å². The van der Waals surface area contributed by atoms with E-state index in [1.807, 2.05) is 0 Å². The molecule has 0 amide bonds. The fourth-order valence-corrected chi connectivity index (χ4v) is 4.85. The number of methoxy groups -OCH3 is 1. The fraction of sp³-hybridized carbons (Fsp3) is 0.375. The highest BCUT2D eigenvalue weighted by atomic mass is 19.3. The van der Waals surface area contributed by atoms with Gasteiger partial charge in [0.15, 0.2) is 17.2 Å². The maximum atomic E-state index is 14.4. The summed E-state index contributed by atoms with van der Waals surface area (Å²) in [7, 11) is 1.33. The van der Waals surface area contributed by atoms with Crippen LogP contribution in [0.5, 0.6) is 5.75 Å². The lowest BCUT2D eigenvalue weighted by atomic mass is 9.84. The number of imidazole rings is 1. The van der Waals surface area contributed by atoms with Crippen molar-refractivity contribution in [3.8, 4) is 17.1 Å². The molecule has 0 unspecified atom stereocenters. The number of nitrogens with two attached hydrogens (primary N) is 1. The minimum absolute atomic E-state index is 0.0221. The van der Waals surface area contributed by atoms with E-state index >= 15 is 0 Å². The fourth-order valence-electron chi connectivity index (χ4n) is 4.85. The number of pyridine rings is 2. The van der Waals surface area contributed by atoms with Gasteiger partial charge in [0.1, 0.15) is 17.9 Å². The van der Waals surface area contributed by atoms with E-state index in [4.69, 9.17) is 16.0 Å². The molecule has 4 aromatic heterocycles. The Morgan fingerprint density at radius 1 is 1.25 bits per heavy atom. The van der Waals surface area contributed by atoms with Crippen LogP contribution < -0.4 is 15.4 Å². The molecule has 0 radical (unpaired) electrons. The van der Waals surface area contributed by atoms with Gasteiger partial charge in [-0.15, -0.1) is 0 Å². The Hall–Kier alpha value is -4.53. The summed E-state index contributed by atoms with van der Waals surface area (Å²) >= 11 is 0. The quantitative estimate of drug-likeness (QED) is 0.143. The summed E-state index contributed by atoms with van der Waals surface area (Å²) in [4.78, 5) is 25.5. The zero-order valence-corrected chi connectivity index (χ0v) is 21.2. The number of rotatable bonds is 8. The second-order valence-electron chi connectivity index (χ2n) is 9.36. The van der Waals surface area contributed by atoms with Crippen molar-refractivity contribution in [3.05, 3.63) is 59.0 Å². The van der Waals surface area contributed by atoms with Crippen molar-refractivity contribution < 1.29 is 23.0 Å². The second-order valence-corrected chi connectivity index (χ2v) is 9.36. The summed E-state index contributed by atoms with van der Waals surface area (Å²) in [5, 5.41) is 13.7. The van der Waals surface area contributed by atoms with E-state index in [1.54, 1.807) is 21.6 Å². The Labute approximate surface area is 225 Å². The SMILES string of the molecule is COc1ccc(-c2cc(Cn3cnc4c(N=[N+]=[N-])ncnc43)c(N3CCC[C@](N)([C@H](O)C(F)F)C3)cn2)nc1F. The molecule has 5 rings (SSSR count). The number of hydrogen-bond donors (Lipinski definition) is 2. The average molecular weight is 556 g/mol. The van der Waals surface area contributed by atoms with Crippen LogP contribution in [0.2, 0.25) is 0 Å². The molecule has 2 atom stereocenters. The summed E-state index contributed by atoms with van der Waals surface area (Å²) in [5.41, 5.74) is 16.0. The number of aliphatic hydroxyl groups excluding tert-OH is 1. The Bertz CT molecular complexity index is 1590. The molecule has 16 heteroatoms. The zero-order chi connectivity index (χ0) is 28.4. The third-order valence-corrected chi connectivity index (χ3v) is 6.85. The van der Waals surface area contributed by atoms with Gasteiger partial charge in [-0.3, -0.25) is 4.98 Å². The maximum absolute atomic E-state index is 14.4. The molecule has 0 aromatic carbocycles. The largest absolute Gasteiger partial charge is 0.492 e. The highest BCUT2D eigenvalue weighted by Gasteiger charge is 2.43.